The summed E-state index contributed by atoms with van der Waals surface area (Å²) in [6.45, 7) is 0. The first-order valence-corrected chi connectivity index (χ1v) is 6.14. The van der Waals surface area contributed by atoms with Gasteiger partial charge in [-0.3, -0.25) is 0 Å². The van der Waals surface area contributed by atoms with E-state index in [2.05, 4.69) is 5.16 Å². The van der Waals surface area contributed by atoms with Crippen LogP contribution in [0.25, 0.3) is 11.1 Å². The van der Waals surface area contributed by atoms with Crippen molar-refractivity contribution in [3.63, 3.8) is 0 Å². The summed E-state index contributed by atoms with van der Waals surface area (Å²) in [5, 5.41) is 4.82. The molecular weight excluding hydrogens is 236 g/mol. The number of nitrogens with zero attached hydrogens (tertiary/aromatic N) is 1. The minimum atomic E-state index is 0.397. The monoisotopic (exact) mass is 248 g/mol. The van der Waals surface area contributed by atoms with Crippen LogP contribution < -0.4 is 5.73 Å². The van der Waals surface area contributed by atoms with Gasteiger partial charge < -0.3 is 10.3 Å². The Labute approximate surface area is 105 Å². The molecule has 1 aromatic heterocycles. The average Bonchev–Trinajstić information content (AvgIpc) is 2.60. The van der Waals surface area contributed by atoms with Gasteiger partial charge in [0.2, 0.25) is 5.88 Å². The molecule has 0 unspecified atom stereocenters. The third-order valence-electron chi connectivity index (χ3n) is 3.37. The molecule has 1 aliphatic rings. The van der Waals surface area contributed by atoms with E-state index in [0.717, 1.165) is 16.8 Å². The Morgan fingerprint density at radius 3 is 2.53 bits per heavy atom. The van der Waals surface area contributed by atoms with Crippen LogP contribution in [0.15, 0.2) is 28.8 Å². The first-order chi connectivity index (χ1) is 8.25. The number of nitrogens with two attached hydrogens (primary N) is 1. The molecule has 1 heterocycles. The molecule has 0 spiro atoms. The van der Waals surface area contributed by atoms with E-state index in [1.165, 1.54) is 19.3 Å². The lowest BCUT2D eigenvalue weighted by molar-refractivity contribution is 0.369. The Bertz CT molecular complexity index is 529. The average molecular weight is 249 g/mol. The summed E-state index contributed by atoms with van der Waals surface area (Å²) >= 11 is 5.88. The fourth-order valence-electron chi connectivity index (χ4n) is 2.18. The van der Waals surface area contributed by atoms with Gasteiger partial charge in [0.25, 0.3) is 0 Å². The van der Waals surface area contributed by atoms with E-state index < -0.39 is 0 Å². The second-order valence-corrected chi connectivity index (χ2v) is 4.88. The number of rotatable bonds is 2. The number of hydrogen-bond acceptors (Lipinski definition) is 3. The summed E-state index contributed by atoms with van der Waals surface area (Å²) in [5.41, 5.74) is 8.82. The second-order valence-electron chi connectivity index (χ2n) is 4.44. The Morgan fingerprint density at radius 1 is 1.24 bits per heavy atom. The summed E-state index contributed by atoms with van der Waals surface area (Å²) in [4.78, 5) is 0. The number of hydrogen-bond donors (Lipinski definition) is 1. The van der Waals surface area contributed by atoms with Crippen molar-refractivity contribution < 1.29 is 4.52 Å². The summed E-state index contributed by atoms with van der Waals surface area (Å²) in [6.07, 6.45) is 3.61. The third-order valence-corrected chi connectivity index (χ3v) is 3.62. The zero-order valence-electron chi connectivity index (χ0n) is 9.32. The molecule has 1 aromatic carbocycles. The molecule has 0 saturated heterocycles. The van der Waals surface area contributed by atoms with Gasteiger partial charge in [-0.1, -0.05) is 35.3 Å². The van der Waals surface area contributed by atoms with Gasteiger partial charge in [0.15, 0.2) is 0 Å². The summed E-state index contributed by atoms with van der Waals surface area (Å²) in [7, 11) is 0. The molecule has 17 heavy (non-hydrogen) atoms. The standard InChI is InChI=1S/C13H13ClN2O/c14-10-6-4-8(5-7-10)11-12(9-2-1-3-9)16-17-13(11)15/h4-7,9H,1-3,15H2. The Kier molecular flexibility index (Phi) is 2.56. The first-order valence-electron chi connectivity index (χ1n) is 5.76. The molecule has 3 rings (SSSR count). The highest BCUT2D eigenvalue weighted by Crippen LogP contribution is 2.42. The molecule has 0 bridgehead atoms. The highest BCUT2D eigenvalue weighted by Gasteiger charge is 2.28. The number of aromatic nitrogens is 1. The molecule has 1 fully saturated rings. The van der Waals surface area contributed by atoms with Crippen LogP contribution in [0, 0.1) is 0 Å². The van der Waals surface area contributed by atoms with Crippen molar-refractivity contribution in [2.45, 2.75) is 25.2 Å². The minimum Gasteiger partial charge on any atom is -0.367 e. The SMILES string of the molecule is Nc1onc(C2CCC2)c1-c1ccc(Cl)cc1. The largest absolute Gasteiger partial charge is 0.367 e. The summed E-state index contributed by atoms with van der Waals surface area (Å²) in [6, 6.07) is 7.61. The predicted octanol–water partition coefficient (Wildman–Crippen LogP) is 3.84. The van der Waals surface area contributed by atoms with Crippen LogP contribution in [0.5, 0.6) is 0 Å². The van der Waals surface area contributed by atoms with Crippen LogP contribution >= 0.6 is 11.6 Å². The minimum absolute atomic E-state index is 0.397. The van der Waals surface area contributed by atoms with Crippen molar-refractivity contribution in [3.8, 4) is 11.1 Å². The molecule has 3 nitrogen and oxygen atoms in total. The van der Waals surface area contributed by atoms with Crippen LogP contribution in [0.1, 0.15) is 30.9 Å². The fourth-order valence-corrected chi connectivity index (χ4v) is 2.31. The highest BCUT2D eigenvalue weighted by molar-refractivity contribution is 6.30. The summed E-state index contributed by atoms with van der Waals surface area (Å²) < 4.78 is 5.13. The molecular formula is C13H13ClN2O. The maximum atomic E-state index is 5.88. The zero-order valence-corrected chi connectivity index (χ0v) is 10.1. The van der Waals surface area contributed by atoms with Crippen molar-refractivity contribution in [2.24, 2.45) is 0 Å². The lowest BCUT2D eigenvalue weighted by Gasteiger charge is -2.23. The van der Waals surface area contributed by atoms with Gasteiger partial charge >= 0.3 is 0 Å². The number of anilines is 1. The van der Waals surface area contributed by atoms with Crippen LogP contribution in [-0.2, 0) is 0 Å². The zero-order chi connectivity index (χ0) is 11.8. The molecule has 2 N–H and O–H groups in total. The van der Waals surface area contributed by atoms with Gasteiger partial charge in [-0.2, -0.15) is 0 Å². The van der Waals surface area contributed by atoms with E-state index in [0.29, 0.717) is 16.8 Å². The van der Waals surface area contributed by atoms with Gasteiger partial charge in [-0.15, -0.1) is 0 Å². The number of nitrogen functional groups attached to an aromatic ring is 1. The quantitative estimate of drug-likeness (QED) is 0.878. The van der Waals surface area contributed by atoms with Crippen LogP contribution in [0.3, 0.4) is 0 Å². The van der Waals surface area contributed by atoms with E-state index in [1.54, 1.807) is 0 Å². The van der Waals surface area contributed by atoms with Gasteiger partial charge in [-0.25, -0.2) is 0 Å². The summed E-state index contributed by atoms with van der Waals surface area (Å²) in [5.74, 6) is 0.899. The van der Waals surface area contributed by atoms with Crippen LogP contribution in [-0.4, -0.2) is 5.16 Å². The van der Waals surface area contributed by atoms with Crippen LogP contribution in [0.2, 0.25) is 5.02 Å². The molecule has 1 aliphatic carbocycles. The lowest BCUT2D eigenvalue weighted by atomic mass is 9.80. The van der Waals surface area contributed by atoms with Gasteiger partial charge in [0.05, 0.1) is 11.3 Å². The second kappa shape index (κ2) is 4.08. The molecule has 1 saturated carbocycles. The van der Waals surface area contributed by atoms with Gasteiger partial charge in [0, 0.05) is 10.9 Å². The molecule has 0 atom stereocenters. The van der Waals surface area contributed by atoms with E-state index >= 15 is 0 Å². The third kappa shape index (κ3) is 1.80. The number of benzene rings is 1. The molecule has 88 valence electrons. The van der Waals surface area contributed by atoms with Crippen LogP contribution in [0.4, 0.5) is 5.88 Å². The van der Waals surface area contributed by atoms with Crippen molar-refractivity contribution in [2.75, 3.05) is 5.73 Å². The van der Waals surface area contributed by atoms with Gasteiger partial charge in [0.1, 0.15) is 0 Å². The maximum absolute atomic E-state index is 5.88. The molecule has 2 aromatic rings. The fraction of sp³-hybridized carbons (Fsp3) is 0.308. The first kappa shape index (κ1) is 10.7. The maximum Gasteiger partial charge on any atom is 0.230 e. The molecule has 0 radical (unpaired) electrons. The predicted molar refractivity (Wildman–Crippen MR) is 68.0 cm³/mol. The lowest BCUT2D eigenvalue weighted by Crippen LogP contribution is -2.10. The Balaban J connectivity index is 2.06. The van der Waals surface area contributed by atoms with E-state index in [-0.39, 0.29) is 0 Å². The molecule has 4 heteroatoms. The van der Waals surface area contributed by atoms with E-state index in [1.807, 2.05) is 24.3 Å². The highest BCUT2D eigenvalue weighted by atomic mass is 35.5. The van der Waals surface area contributed by atoms with Crippen molar-refractivity contribution in [3.05, 3.63) is 35.0 Å². The van der Waals surface area contributed by atoms with E-state index in [9.17, 15) is 0 Å². The van der Waals surface area contributed by atoms with Crippen molar-refractivity contribution in [1.82, 2.24) is 5.16 Å². The number of halogens is 1. The van der Waals surface area contributed by atoms with Crippen molar-refractivity contribution >= 4 is 17.5 Å². The normalized spacial score (nSPS) is 15.8. The van der Waals surface area contributed by atoms with Gasteiger partial charge in [-0.05, 0) is 30.5 Å². The van der Waals surface area contributed by atoms with Crippen molar-refractivity contribution in [1.29, 1.82) is 0 Å². The Morgan fingerprint density at radius 2 is 1.94 bits per heavy atom. The Hall–Kier alpha value is -1.48. The topological polar surface area (TPSA) is 52.0 Å². The molecule has 0 amide bonds. The smallest absolute Gasteiger partial charge is 0.230 e. The van der Waals surface area contributed by atoms with E-state index in [4.69, 9.17) is 21.9 Å². The molecule has 0 aliphatic heterocycles.